The zero-order valence-electron chi connectivity index (χ0n) is 20.3. The Labute approximate surface area is 211 Å². The topological polar surface area (TPSA) is 76.8 Å². The molecule has 7 nitrogen and oxygen atoms in total. The number of carbonyl (C=O) groups is 1. The molecule has 2 saturated heterocycles. The van der Waals surface area contributed by atoms with Gasteiger partial charge in [-0.2, -0.15) is 0 Å². The Kier molecular flexibility index (Phi) is 6.89. The fraction of sp³-hybridized carbons (Fsp3) is 0.481. The molecule has 1 aliphatic carbocycles. The van der Waals surface area contributed by atoms with Gasteiger partial charge in [-0.15, -0.1) is 0 Å². The van der Waals surface area contributed by atoms with Gasteiger partial charge in [-0.3, -0.25) is 5.32 Å². The Morgan fingerprint density at radius 1 is 1.23 bits per heavy atom. The zero-order chi connectivity index (χ0) is 24.4. The molecule has 1 unspecified atom stereocenters. The molecule has 1 spiro atoms. The predicted octanol–water partition coefficient (Wildman–Crippen LogP) is 5.84. The second-order valence-corrected chi connectivity index (χ2v) is 10.4. The largest absolute Gasteiger partial charge is 0.489 e. The summed E-state index contributed by atoms with van der Waals surface area (Å²) in [6.07, 6.45) is 7.54. The number of nitrogens with one attached hydrogen (secondary N) is 1. The van der Waals surface area contributed by atoms with Crippen LogP contribution in [0.3, 0.4) is 0 Å². The molecule has 2 aliphatic heterocycles. The van der Waals surface area contributed by atoms with E-state index in [1.54, 1.807) is 0 Å². The molecule has 2 fully saturated rings. The quantitative estimate of drug-likeness (QED) is 0.561. The van der Waals surface area contributed by atoms with Crippen LogP contribution in [0.15, 0.2) is 57.6 Å². The Bertz CT molecular complexity index is 1120. The maximum Gasteiger partial charge on any atom is 0.324 e. The SMILES string of the molecule is Cc1noc(NC(=O)N2CCC3(CC2)C[C@@H](C2CC(Cl)=CC=C2COc2ccccc2)CO3)c1C. The van der Waals surface area contributed by atoms with Gasteiger partial charge in [-0.05, 0) is 75.1 Å². The van der Waals surface area contributed by atoms with Crippen LogP contribution in [-0.2, 0) is 4.74 Å². The standard InChI is InChI=1S/C27H32ClN3O4/c1-18-19(2)30-35-25(18)29-26(32)31-12-10-27(11-13-31)15-21(17-34-27)24-14-22(28)9-8-20(24)16-33-23-6-4-3-5-7-23/h3-9,21,24H,10-17H2,1-2H3,(H,29,32)/t21-,24?/m1/s1. The van der Waals surface area contributed by atoms with E-state index >= 15 is 0 Å². The first-order valence-electron chi connectivity index (χ1n) is 12.3. The molecule has 2 aromatic rings. The molecule has 35 heavy (non-hydrogen) atoms. The Balaban J connectivity index is 1.17. The molecular formula is C27H32ClN3O4. The minimum Gasteiger partial charge on any atom is -0.489 e. The number of hydrogen-bond donors (Lipinski definition) is 1. The van der Waals surface area contributed by atoms with Gasteiger partial charge in [-0.1, -0.05) is 41.0 Å². The fourth-order valence-electron chi connectivity index (χ4n) is 5.35. The number of para-hydroxylation sites is 1. The lowest BCUT2D eigenvalue weighted by atomic mass is 9.76. The zero-order valence-corrected chi connectivity index (χ0v) is 21.0. The highest BCUT2D eigenvalue weighted by atomic mass is 35.5. The van der Waals surface area contributed by atoms with E-state index in [1.807, 2.05) is 55.2 Å². The van der Waals surface area contributed by atoms with Gasteiger partial charge < -0.3 is 18.9 Å². The van der Waals surface area contributed by atoms with Gasteiger partial charge in [0.2, 0.25) is 5.88 Å². The van der Waals surface area contributed by atoms with Crippen LogP contribution in [-0.4, -0.2) is 48.0 Å². The Hall–Kier alpha value is -2.77. The highest BCUT2D eigenvalue weighted by Crippen LogP contribution is 2.45. The van der Waals surface area contributed by atoms with E-state index in [0.717, 1.165) is 47.7 Å². The molecule has 5 rings (SSSR count). The number of amides is 2. The summed E-state index contributed by atoms with van der Waals surface area (Å²) in [4.78, 5) is 14.6. The number of anilines is 1. The van der Waals surface area contributed by atoms with Crippen molar-refractivity contribution in [2.24, 2.45) is 11.8 Å². The number of urea groups is 1. The maximum atomic E-state index is 12.8. The van der Waals surface area contributed by atoms with Gasteiger partial charge in [0.25, 0.3) is 0 Å². The number of benzene rings is 1. The monoisotopic (exact) mass is 497 g/mol. The number of carbonyl (C=O) groups excluding carboxylic acids is 1. The Morgan fingerprint density at radius 2 is 2.00 bits per heavy atom. The van der Waals surface area contributed by atoms with E-state index in [1.165, 1.54) is 5.57 Å². The van der Waals surface area contributed by atoms with E-state index < -0.39 is 0 Å². The molecular weight excluding hydrogens is 466 g/mol. The molecule has 1 aromatic heterocycles. The van der Waals surface area contributed by atoms with Crippen molar-refractivity contribution in [3.05, 3.63) is 64.3 Å². The lowest BCUT2D eigenvalue weighted by Gasteiger charge is -2.39. The number of aryl methyl sites for hydroxylation is 1. The van der Waals surface area contributed by atoms with E-state index in [2.05, 4.69) is 16.5 Å². The molecule has 2 atom stereocenters. The number of aromatic nitrogens is 1. The van der Waals surface area contributed by atoms with Gasteiger partial charge in [-0.25, -0.2) is 4.79 Å². The van der Waals surface area contributed by atoms with Crippen molar-refractivity contribution in [2.75, 3.05) is 31.6 Å². The number of halogens is 1. The summed E-state index contributed by atoms with van der Waals surface area (Å²) < 4.78 is 17.7. The van der Waals surface area contributed by atoms with Gasteiger partial charge in [0, 0.05) is 23.7 Å². The summed E-state index contributed by atoms with van der Waals surface area (Å²) in [6.45, 7) is 6.30. The summed E-state index contributed by atoms with van der Waals surface area (Å²) in [5.41, 5.74) is 2.72. The third kappa shape index (κ3) is 5.26. The number of hydrogen-bond acceptors (Lipinski definition) is 5. The number of nitrogens with zero attached hydrogens (tertiary/aromatic N) is 2. The van der Waals surface area contributed by atoms with E-state index in [4.69, 9.17) is 25.6 Å². The maximum absolute atomic E-state index is 12.8. The molecule has 186 valence electrons. The third-order valence-electron chi connectivity index (χ3n) is 7.66. The molecule has 0 saturated carbocycles. The van der Waals surface area contributed by atoms with E-state index in [0.29, 0.717) is 44.0 Å². The van der Waals surface area contributed by atoms with E-state index in [-0.39, 0.29) is 11.6 Å². The van der Waals surface area contributed by atoms with Crippen molar-refractivity contribution in [2.45, 2.75) is 45.1 Å². The highest BCUT2D eigenvalue weighted by molar-refractivity contribution is 6.29. The normalized spacial score (nSPS) is 23.7. The summed E-state index contributed by atoms with van der Waals surface area (Å²) in [7, 11) is 0. The number of likely N-dealkylation sites (tertiary alicyclic amines) is 1. The second-order valence-electron chi connectivity index (χ2n) is 9.86. The molecule has 2 amide bonds. The molecule has 1 aromatic carbocycles. The number of rotatable bonds is 5. The third-order valence-corrected chi connectivity index (χ3v) is 7.94. The average Bonchev–Trinajstić information content (AvgIpc) is 3.42. The van der Waals surface area contributed by atoms with E-state index in [9.17, 15) is 4.79 Å². The first-order valence-corrected chi connectivity index (χ1v) is 12.7. The van der Waals surface area contributed by atoms with Crippen LogP contribution >= 0.6 is 11.6 Å². The number of ether oxygens (including phenoxy) is 2. The predicted molar refractivity (Wildman–Crippen MR) is 135 cm³/mol. The smallest absolute Gasteiger partial charge is 0.324 e. The van der Waals surface area contributed by atoms with Crippen LogP contribution in [0, 0.1) is 25.7 Å². The Morgan fingerprint density at radius 3 is 2.71 bits per heavy atom. The first-order chi connectivity index (χ1) is 16.9. The summed E-state index contributed by atoms with van der Waals surface area (Å²) in [6, 6.07) is 9.74. The summed E-state index contributed by atoms with van der Waals surface area (Å²) in [5.74, 6) is 1.97. The van der Waals surface area contributed by atoms with Crippen LogP contribution < -0.4 is 10.1 Å². The molecule has 0 bridgehead atoms. The molecule has 8 heteroatoms. The van der Waals surface area contributed by atoms with Crippen molar-refractivity contribution in [1.82, 2.24) is 10.1 Å². The lowest BCUT2D eigenvalue weighted by Crippen LogP contribution is -2.48. The summed E-state index contributed by atoms with van der Waals surface area (Å²) in [5, 5.41) is 7.64. The molecule has 0 radical (unpaired) electrons. The first kappa shape index (κ1) is 23.9. The van der Waals surface area contributed by atoms with Gasteiger partial charge in [0.05, 0.1) is 17.9 Å². The van der Waals surface area contributed by atoms with Crippen molar-refractivity contribution in [1.29, 1.82) is 0 Å². The number of allylic oxidation sites excluding steroid dienone is 3. The van der Waals surface area contributed by atoms with Gasteiger partial charge in [0.1, 0.15) is 12.4 Å². The average molecular weight is 498 g/mol. The lowest BCUT2D eigenvalue weighted by molar-refractivity contribution is -0.0359. The van der Waals surface area contributed by atoms with Crippen molar-refractivity contribution >= 4 is 23.5 Å². The van der Waals surface area contributed by atoms with Crippen LogP contribution in [0.2, 0.25) is 0 Å². The minimum atomic E-state index is -0.181. The van der Waals surface area contributed by atoms with Crippen LogP contribution in [0.25, 0.3) is 0 Å². The fourth-order valence-corrected chi connectivity index (χ4v) is 5.58. The van der Waals surface area contributed by atoms with Crippen LogP contribution in [0.5, 0.6) is 5.75 Å². The molecule has 1 N–H and O–H groups in total. The van der Waals surface area contributed by atoms with Crippen LogP contribution in [0.1, 0.15) is 36.9 Å². The van der Waals surface area contributed by atoms with Crippen molar-refractivity contribution in [3.8, 4) is 5.75 Å². The molecule has 3 aliphatic rings. The van der Waals surface area contributed by atoms with Crippen molar-refractivity contribution < 1.29 is 18.8 Å². The highest BCUT2D eigenvalue weighted by Gasteiger charge is 2.46. The molecule has 3 heterocycles. The summed E-state index contributed by atoms with van der Waals surface area (Å²) >= 11 is 6.45. The van der Waals surface area contributed by atoms with Crippen molar-refractivity contribution in [3.63, 3.8) is 0 Å². The van der Waals surface area contributed by atoms with Crippen LogP contribution in [0.4, 0.5) is 10.7 Å². The van der Waals surface area contributed by atoms with Gasteiger partial charge in [0.15, 0.2) is 0 Å². The second kappa shape index (κ2) is 10.1. The number of piperidine rings is 1. The van der Waals surface area contributed by atoms with Gasteiger partial charge >= 0.3 is 6.03 Å². The minimum absolute atomic E-state index is 0.152.